The third-order valence-electron chi connectivity index (χ3n) is 4.96. The largest absolute Gasteiger partial charge is 0.336 e. The van der Waals surface area contributed by atoms with Gasteiger partial charge in [-0.3, -0.25) is 4.79 Å². The molecule has 1 fully saturated rings. The normalized spacial score (nSPS) is 17.5. The first-order chi connectivity index (χ1) is 11.8. The van der Waals surface area contributed by atoms with Gasteiger partial charge >= 0.3 is 0 Å². The SMILES string of the molecule is O=C(c1csc2ccccc12)N1CCCC1CCc1ccccc1. The highest BCUT2D eigenvalue weighted by atomic mass is 32.1. The van der Waals surface area contributed by atoms with Crippen LogP contribution in [0.2, 0.25) is 0 Å². The zero-order chi connectivity index (χ0) is 16.4. The number of fused-ring (bicyclic) bond motifs is 1. The number of likely N-dealkylation sites (tertiary alicyclic amines) is 1. The molecule has 0 N–H and O–H groups in total. The molecule has 1 saturated heterocycles. The van der Waals surface area contributed by atoms with E-state index in [0.717, 1.165) is 43.2 Å². The van der Waals surface area contributed by atoms with Crippen LogP contribution >= 0.6 is 11.3 Å². The molecule has 2 aromatic carbocycles. The molecule has 3 heteroatoms. The van der Waals surface area contributed by atoms with E-state index >= 15 is 0 Å². The zero-order valence-corrected chi connectivity index (χ0v) is 14.5. The lowest BCUT2D eigenvalue weighted by Gasteiger charge is -2.24. The molecule has 2 nitrogen and oxygen atoms in total. The van der Waals surface area contributed by atoms with Crippen molar-refractivity contribution in [2.45, 2.75) is 31.7 Å². The van der Waals surface area contributed by atoms with E-state index in [-0.39, 0.29) is 5.91 Å². The van der Waals surface area contributed by atoms with Crippen LogP contribution in [0.25, 0.3) is 10.1 Å². The van der Waals surface area contributed by atoms with Crippen LogP contribution in [0, 0.1) is 0 Å². The van der Waals surface area contributed by atoms with Crippen molar-refractivity contribution in [3.63, 3.8) is 0 Å². The molecule has 0 spiro atoms. The summed E-state index contributed by atoms with van der Waals surface area (Å²) in [6.45, 7) is 0.891. The Balaban J connectivity index is 1.51. The van der Waals surface area contributed by atoms with Crippen LogP contribution in [-0.2, 0) is 6.42 Å². The van der Waals surface area contributed by atoms with Gasteiger partial charge in [0, 0.05) is 28.1 Å². The predicted octanol–water partition coefficient (Wildman–Crippen LogP) is 5.14. The van der Waals surface area contributed by atoms with Crippen LogP contribution in [0.5, 0.6) is 0 Å². The predicted molar refractivity (Wildman–Crippen MR) is 101 cm³/mol. The molecule has 1 aliphatic rings. The van der Waals surface area contributed by atoms with Gasteiger partial charge < -0.3 is 4.90 Å². The summed E-state index contributed by atoms with van der Waals surface area (Å²) in [5, 5.41) is 3.13. The first-order valence-electron chi connectivity index (χ1n) is 8.64. The second-order valence-corrected chi connectivity index (χ2v) is 7.38. The second-order valence-electron chi connectivity index (χ2n) is 6.46. The molecule has 1 aromatic heterocycles. The molecule has 4 rings (SSSR count). The number of rotatable bonds is 4. The fraction of sp³-hybridized carbons (Fsp3) is 0.286. The molecule has 0 aliphatic carbocycles. The van der Waals surface area contributed by atoms with E-state index in [0.29, 0.717) is 6.04 Å². The molecule has 3 aromatic rings. The molecule has 24 heavy (non-hydrogen) atoms. The molecule has 0 bridgehead atoms. The summed E-state index contributed by atoms with van der Waals surface area (Å²) < 4.78 is 1.20. The Bertz CT molecular complexity index is 839. The van der Waals surface area contributed by atoms with E-state index in [9.17, 15) is 4.79 Å². The summed E-state index contributed by atoms with van der Waals surface area (Å²) in [6, 6.07) is 19.2. The number of amides is 1. The maximum Gasteiger partial charge on any atom is 0.255 e. The molecule has 2 heterocycles. The van der Waals surface area contributed by atoms with Crippen molar-refractivity contribution in [3.8, 4) is 0 Å². The van der Waals surface area contributed by atoms with Crippen molar-refractivity contribution in [3.05, 3.63) is 71.1 Å². The number of hydrogen-bond donors (Lipinski definition) is 0. The van der Waals surface area contributed by atoms with Gasteiger partial charge in [-0.15, -0.1) is 11.3 Å². The molecule has 1 aliphatic heterocycles. The number of aryl methyl sites for hydroxylation is 1. The standard InChI is InChI=1S/C21H21NOS/c23-21(19-15-24-20-11-5-4-10-18(19)20)22-14-6-9-17(22)13-12-16-7-2-1-3-8-16/h1-5,7-8,10-11,15,17H,6,9,12-14H2. The van der Waals surface area contributed by atoms with Crippen LogP contribution in [0.1, 0.15) is 35.2 Å². The van der Waals surface area contributed by atoms with Crippen molar-refractivity contribution in [2.24, 2.45) is 0 Å². The summed E-state index contributed by atoms with van der Waals surface area (Å²) >= 11 is 1.67. The summed E-state index contributed by atoms with van der Waals surface area (Å²) in [5.41, 5.74) is 2.24. The minimum atomic E-state index is 0.211. The van der Waals surface area contributed by atoms with Gasteiger partial charge in [-0.05, 0) is 37.3 Å². The van der Waals surface area contributed by atoms with Gasteiger partial charge in [0.05, 0.1) is 5.56 Å². The van der Waals surface area contributed by atoms with E-state index in [2.05, 4.69) is 47.4 Å². The lowest BCUT2D eigenvalue weighted by atomic mass is 10.0. The molecule has 0 saturated carbocycles. The Kier molecular flexibility index (Phi) is 4.35. The summed E-state index contributed by atoms with van der Waals surface area (Å²) in [7, 11) is 0. The van der Waals surface area contributed by atoms with Crippen molar-refractivity contribution in [1.29, 1.82) is 0 Å². The lowest BCUT2D eigenvalue weighted by Crippen LogP contribution is -2.35. The first kappa shape index (κ1) is 15.4. The van der Waals surface area contributed by atoms with Gasteiger partial charge in [-0.1, -0.05) is 48.5 Å². The van der Waals surface area contributed by atoms with Crippen LogP contribution in [-0.4, -0.2) is 23.4 Å². The third-order valence-corrected chi connectivity index (χ3v) is 5.92. The summed E-state index contributed by atoms with van der Waals surface area (Å²) in [4.78, 5) is 15.2. The molecule has 1 unspecified atom stereocenters. The molecular formula is C21H21NOS. The van der Waals surface area contributed by atoms with E-state index in [1.165, 1.54) is 10.3 Å². The molecule has 1 atom stereocenters. The number of hydrogen-bond acceptors (Lipinski definition) is 2. The quantitative estimate of drug-likeness (QED) is 0.646. The number of carbonyl (C=O) groups excluding carboxylic acids is 1. The fourth-order valence-electron chi connectivity index (χ4n) is 3.68. The Labute approximate surface area is 146 Å². The third kappa shape index (κ3) is 2.96. The van der Waals surface area contributed by atoms with Crippen LogP contribution in [0.15, 0.2) is 60.0 Å². The maximum atomic E-state index is 13.1. The van der Waals surface area contributed by atoms with Gasteiger partial charge in [0.1, 0.15) is 0 Å². The first-order valence-corrected chi connectivity index (χ1v) is 9.52. The average Bonchev–Trinajstić information content (AvgIpc) is 3.27. The molecular weight excluding hydrogens is 314 g/mol. The zero-order valence-electron chi connectivity index (χ0n) is 13.7. The van der Waals surface area contributed by atoms with Gasteiger partial charge in [0.15, 0.2) is 0 Å². The van der Waals surface area contributed by atoms with Gasteiger partial charge in [0.2, 0.25) is 0 Å². The lowest BCUT2D eigenvalue weighted by molar-refractivity contribution is 0.0733. The highest BCUT2D eigenvalue weighted by Crippen LogP contribution is 2.30. The number of carbonyl (C=O) groups is 1. The van der Waals surface area contributed by atoms with E-state index in [1.807, 2.05) is 17.5 Å². The fourth-order valence-corrected chi connectivity index (χ4v) is 4.61. The summed E-state index contributed by atoms with van der Waals surface area (Å²) in [6.07, 6.45) is 4.34. The minimum absolute atomic E-state index is 0.211. The monoisotopic (exact) mass is 335 g/mol. The smallest absolute Gasteiger partial charge is 0.255 e. The van der Waals surface area contributed by atoms with E-state index in [4.69, 9.17) is 0 Å². The van der Waals surface area contributed by atoms with Crippen molar-refractivity contribution >= 4 is 27.3 Å². The Morgan fingerprint density at radius 2 is 1.88 bits per heavy atom. The Morgan fingerprint density at radius 3 is 2.75 bits per heavy atom. The molecule has 122 valence electrons. The number of thiophene rings is 1. The average molecular weight is 335 g/mol. The van der Waals surface area contributed by atoms with E-state index in [1.54, 1.807) is 11.3 Å². The van der Waals surface area contributed by atoms with Gasteiger partial charge in [-0.25, -0.2) is 0 Å². The Hall–Kier alpha value is -2.13. The van der Waals surface area contributed by atoms with Crippen molar-refractivity contribution < 1.29 is 4.79 Å². The van der Waals surface area contributed by atoms with Crippen LogP contribution < -0.4 is 0 Å². The molecule has 1 amide bonds. The number of benzene rings is 2. The highest BCUT2D eigenvalue weighted by molar-refractivity contribution is 7.17. The van der Waals surface area contributed by atoms with Gasteiger partial charge in [-0.2, -0.15) is 0 Å². The van der Waals surface area contributed by atoms with Crippen molar-refractivity contribution in [2.75, 3.05) is 6.54 Å². The Morgan fingerprint density at radius 1 is 1.08 bits per heavy atom. The van der Waals surface area contributed by atoms with Gasteiger partial charge in [0.25, 0.3) is 5.91 Å². The highest BCUT2D eigenvalue weighted by Gasteiger charge is 2.30. The second kappa shape index (κ2) is 6.78. The van der Waals surface area contributed by atoms with Crippen molar-refractivity contribution in [1.82, 2.24) is 4.90 Å². The maximum absolute atomic E-state index is 13.1. The van der Waals surface area contributed by atoms with Crippen LogP contribution in [0.3, 0.4) is 0 Å². The topological polar surface area (TPSA) is 20.3 Å². The van der Waals surface area contributed by atoms with E-state index < -0.39 is 0 Å². The number of nitrogens with zero attached hydrogens (tertiary/aromatic N) is 1. The van der Waals surface area contributed by atoms with Crippen LogP contribution in [0.4, 0.5) is 0 Å². The summed E-state index contributed by atoms with van der Waals surface area (Å²) in [5.74, 6) is 0.211. The molecule has 0 radical (unpaired) electrons. The minimum Gasteiger partial charge on any atom is -0.336 e.